The molecule has 0 aliphatic heterocycles. The SMILES string of the molecule is CO/N=C(\CCC(=O)O)C1(Cl)C=CC(c2ccccc2)C=C1. The van der Waals surface area contributed by atoms with Crippen LogP contribution in [0.3, 0.4) is 0 Å². The van der Waals surface area contributed by atoms with E-state index in [0.717, 1.165) is 0 Å². The summed E-state index contributed by atoms with van der Waals surface area (Å²) in [6, 6.07) is 10.1. The van der Waals surface area contributed by atoms with Crippen LogP contribution in [0.4, 0.5) is 0 Å². The van der Waals surface area contributed by atoms with Crippen LogP contribution in [0, 0.1) is 0 Å². The topological polar surface area (TPSA) is 58.9 Å². The monoisotopic (exact) mass is 319 g/mol. The van der Waals surface area contributed by atoms with Gasteiger partial charge >= 0.3 is 5.97 Å². The molecule has 0 unspecified atom stereocenters. The maximum absolute atomic E-state index is 10.8. The van der Waals surface area contributed by atoms with Gasteiger partial charge in [-0.15, -0.1) is 11.6 Å². The number of nitrogens with zero attached hydrogens (tertiary/aromatic N) is 1. The molecule has 0 saturated heterocycles. The number of rotatable bonds is 6. The molecule has 1 N–H and O–H groups in total. The zero-order chi connectivity index (χ0) is 16.0. The molecule has 1 aromatic rings. The average molecular weight is 320 g/mol. The first-order valence-corrected chi connectivity index (χ1v) is 7.38. The number of hydrogen-bond donors (Lipinski definition) is 1. The minimum absolute atomic E-state index is 0.0412. The summed E-state index contributed by atoms with van der Waals surface area (Å²) in [6.07, 6.45) is 7.86. The first-order valence-electron chi connectivity index (χ1n) is 7.00. The molecule has 0 radical (unpaired) electrons. The van der Waals surface area contributed by atoms with Crippen molar-refractivity contribution in [2.45, 2.75) is 23.6 Å². The molecule has 0 atom stereocenters. The molecular weight excluding hydrogens is 302 g/mol. The van der Waals surface area contributed by atoms with Crippen LogP contribution in [0.2, 0.25) is 0 Å². The third-order valence-electron chi connectivity index (χ3n) is 3.50. The summed E-state index contributed by atoms with van der Waals surface area (Å²) >= 11 is 6.58. The van der Waals surface area contributed by atoms with Gasteiger partial charge in [-0.2, -0.15) is 0 Å². The van der Waals surface area contributed by atoms with Crippen LogP contribution in [0.25, 0.3) is 0 Å². The summed E-state index contributed by atoms with van der Waals surface area (Å²) in [5, 5.41) is 12.7. The lowest BCUT2D eigenvalue weighted by molar-refractivity contribution is -0.136. The Balaban J connectivity index is 2.16. The lowest BCUT2D eigenvalue weighted by Gasteiger charge is -2.26. The largest absolute Gasteiger partial charge is 0.481 e. The molecule has 0 amide bonds. The fourth-order valence-corrected chi connectivity index (χ4v) is 2.61. The Kier molecular flexibility index (Phi) is 5.39. The van der Waals surface area contributed by atoms with E-state index in [1.165, 1.54) is 12.7 Å². The smallest absolute Gasteiger partial charge is 0.303 e. The zero-order valence-corrected chi connectivity index (χ0v) is 13.0. The summed E-state index contributed by atoms with van der Waals surface area (Å²) in [6.45, 7) is 0. The van der Waals surface area contributed by atoms with Gasteiger partial charge in [0.1, 0.15) is 12.0 Å². The van der Waals surface area contributed by atoms with Gasteiger partial charge in [0.2, 0.25) is 0 Å². The fourth-order valence-electron chi connectivity index (χ4n) is 2.34. The van der Waals surface area contributed by atoms with Crippen LogP contribution in [0.15, 0.2) is 59.8 Å². The fraction of sp³-hybridized carbons (Fsp3) is 0.294. The quantitative estimate of drug-likeness (QED) is 0.376. The normalized spacial score (nSPS) is 24.3. The lowest BCUT2D eigenvalue weighted by Crippen LogP contribution is -2.30. The second kappa shape index (κ2) is 7.27. The van der Waals surface area contributed by atoms with Gasteiger partial charge in [0.25, 0.3) is 0 Å². The molecule has 2 rings (SSSR count). The van der Waals surface area contributed by atoms with Crippen molar-refractivity contribution < 1.29 is 14.7 Å². The molecule has 0 saturated carbocycles. The Morgan fingerprint density at radius 3 is 2.45 bits per heavy atom. The highest BCUT2D eigenvalue weighted by Gasteiger charge is 2.31. The predicted molar refractivity (Wildman–Crippen MR) is 87.4 cm³/mol. The van der Waals surface area contributed by atoms with E-state index in [-0.39, 0.29) is 18.8 Å². The Morgan fingerprint density at radius 2 is 1.91 bits per heavy atom. The zero-order valence-electron chi connectivity index (χ0n) is 12.3. The van der Waals surface area contributed by atoms with E-state index in [4.69, 9.17) is 21.5 Å². The molecule has 1 aromatic carbocycles. The Hall–Kier alpha value is -2.07. The third kappa shape index (κ3) is 3.98. The average Bonchev–Trinajstić information content (AvgIpc) is 2.52. The summed E-state index contributed by atoms with van der Waals surface area (Å²) in [4.78, 5) is 14.6. The molecule has 0 fully saturated rings. The van der Waals surface area contributed by atoms with Crippen LogP contribution in [-0.4, -0.2) is 28.8 Å². The second-order valence-corrected chi connectivity index (χ2v) is 5.66. The van der Waals surface area contributed by atoms with Crippen molar-refractivity contribution in [1.82, 2.24) is 0 Å². The van der Waals surface area contributed by atoms with Crippen molar-refractivity contribution in [3.05, 3.63) is 60.2 Å². The number of aliphatic carboxylic acids is 1. The van der Waals surface area contributed by atoms with Crippen LogP contribution in [0.5, 0.6) is 0 Å². The maximum Gasteiger partial charge on any atom is 0.303 e. The number of alkyl halides is 1. The summed E-state index contributed by atoms with van der Waals surface area (Å²) in [5.41, 5.74) is 1.66. The summed E-state index contributed by atoms with van der Waals surface area (Å²) in [5.74, 6) is -0.744. The predicted octanol–water partition coefficient (Wildman–Crippen LogP) is 3.74. The first kappa shape index (κ1) is 16.3. The summed E-state index contributed by atoms with van der Waals surface area (Å²) < 4.78 is 0. The Labute approximate surface area is 134 Å². The highest BCUT2D eigenvalue weighted by Crippen LogP contribution is 2.33. The van der Waals surface area contributed by atoms with Crippen molar-refractivity contribution in [3.63, 3.8) is 0 Å². The molecule has 5 heteroatoms. The molecule has 22 heavy (non-hydrogen) atoms. The van der Waals surface area contributed by atoms with Gasteiger partial charge < -0.3 is 9.94 Å². The van der Waals surface area contributed by atoms with Crippen molar-refractivity contribution in [3.8, 4) is 0 Å². The van der Waals surface area contributed by atoms with Crippen molar-refractivity contribution >= 4 is 23.3 Å². The van der Waals surface area contributed by atoms with E-state index < -0.39 is 10.8 Å². The molecule has 1 aliphatic carbocycles. The van der Waals surface area contributed by atoms with E-state index >= 15 is 0 Å². The summed E-state index contributed by atoms with van der Waals surface area (Å²) in [7, 11) is 1.42. The highest BCUT2D eigenvalue weighted by atomic mass is 35.5. The van der Waals surface area contributed by atoms with Gasteiger partial charge in [-0.3, -0.25) is 4.79 Å². The van der Waals surface area contributed by atoms with Gasteiger partial charge in [0.05, 0.1) is 12.1 Å². The van der Waals surface area contributed by atoms with Crippen molar-refractivity contribution in [2.24, 2.45) is 5.16 Å². The van der Waals surface area contributed by atoms with Crippen molar-refractivity contribution in [2.75, 3.05) is 7.11 Å². The minimum Gasteiger partial charge on any atom is -0.481 e. The van der Waals surface area contributed by atoms with E-state index in [1.807, 2.05) is 42.5 Å². The number of hydrogen-bond acceptors (Lipinski definition) is 3. The van der Waals surface area contributed by atoms with Gasteiger partial charge in [0, 0.05) is 12.3 Å². The van der Waals surface area contributed by atoms with Crippen LogP contribution < -0.4 is 0 Å². The molecular formula is C17H18ClNO3. The maximum atomic E-state index is 10.8. The van der Waals surface area contributed by atoms with Crippen molar-refractivity contribution in [1.29, 1.82) is 0 Å². The van der Waals surface area contributed by atoms with E-state index in [1.54, 1.807) is 0 Å². The molecule has 1 aliphatic rings. The third-order valence-corrected chi connectivity index (χ3v) is 3.97. The number of halogens is 1. The molecule has 0 aromatic heterocycles. The molecule has 0 bridgehead atoms. The Morgan fingerprint density at radius 1 is 1.27 bits per heavy atom. The first-order chi connectivity index (χ1) is 10.5. The minimum atomic E-state index is -0.934. The van der Waals surface area contributed by atoms with E-state index in [2.05, 4.69) is 17.3 Å². The number of benzene rings is 1. The number of carboxylic acids is 1. The molecule has 0 heterocycles. The number of allylic oxidation sites excluding steroid dienone is 4. The van der Waals surface area contributed by atoms with Gasteiger partial charge in [-0.05, 0) is 5.56 Å². The molecule has 0 spiro atoms. The van der Waals surface area contributed by atoms with Crippen LogP contribution in [-0.2, 0) is 9.63 Å². The van der Waals surface area contributed by atoms with Gasteiger partial charge in [0.15, 0.2) is 0 Å². The lowest BCUT2D eigenvalue weighted by atomic mass is 9.87. The van der Waals surface area contributed by atoms with E-state index in [9.17, 15) is 4.79 Å². The Bertz CT molecular complexity index is 594. The standard InChI is InChI=1S/C17H18ClNO3/c1-22-19-15(7-8-16(20)21)17(18)11-9-14(10-12-17)13-5-3-2-4-6-13/h2-6,9-12,14H,7-8H2,1H3,(H,20,21)/b19-15+. The number of carbonyl (C=O) groups is 1. The van der Waals surface area contributed by atoms with Crippen LogP contribution in [0.1, 0.15) is 24.3 Å². The second-order valence-electron chi connectivity index (χ2n) is 5.04. The molecule has 116 valence electrons. The number of oxime groups is 1. The van der Waals surface area contributed by atoms with E-state index in [0.29, 0.717) is 5.71 Å². The molecule has 4 nitrogen and oxygen atoms in total. The van der Waals surface area contributed by atoms with Gasteiger partial charge in [-0.25, -0.2) is 0 Å². The number of carboxylic acid groups (broad SMARTS) is 1. The highest BCUT2D eigenvalue weighted by molar-refractivity contribution is 6.39. The van der Waals surface area contributed by atoms with Gasteiger partial charge in [-0.1, -0.05) is 59.8 Å². The van der Waals surface area contributed by atoms with Crippen LogP contribution >= 0.6 is 11.6 Å².